The van der Waals surface area contributed by atoms with Gasteiger partial charge in [0, 0.05) is 86.0 Å². The number of rotatable bonds is 17. The van der Waals surface area contributed by atoms with Crippen molar-refractivity contribution >= 4 is 39.1 Å². The van der Waals surface area contributed by atoms with Crippen molar-refractivity contribution < 1.29 is 35.9 Å². The molecule has 328 valence electrons. The van der Waals surface area contributed by atoms with Gasteiger partial charge in [0.25, 0.3) is 15.9 Å². The zero-order valence-electron chi connectivity index (χ0n) is 34.7. The third kappa shape index (κ3) is 12.5. The molecule has 0 bridgehead atoms. The van der Waals surface area contributed by atoms with E-state index in [0.29, 0.717) is 13.0 Å². The van der Waals surface area contributed by atoms with E-state index in [0.717, 1.165) is 105 Å². The smallest absolute Gasteiger partial charge is 0.406 e. The van der Waals surface area contributed by atoms with Crippen molar-refractivity contribution in [2.24, 2.45) is 0 Å². The molecule has 0 unspecified atom stereocenters. The summed E-state index contributed by atoms with van der Waals surface area (Å²) < 4.78 is 76.9. The fourth-order valence-electron chi connectivity index (χ4n) is 7.71. The highest BCUT2D eigenvalue weighted by Crippen LogP contribution is 2.30. The van der Waals surface area contributed by atoms with E-state index >= 15 is 0 Å². The van der Waals surface area contributed by atoms with Crippen molar-refractivity contribution in [3.05, 3.63) is 138 Å². The number of aryl methyl sites for hydroxylation is 1. The van der Waals surface area contributed by atoms with Crippen LogP contribution in [0.3, 0.4) is 0 Å². The molecule has 2 aliphatic heterocycles. The molecular formula is C47H52F3N5O5S2. The number of carbonyl (C=O) groups excluding carboxylic acids is 1. The third-order valence-corrected chi connectivity index (χ3v) is 13.6. The molecular weight excluding hydrogens is 836 g/mol. The van der Waals surface area contributed by atoms with Gasteiger partial charge in [0.05, 0.1) is 18.1 Å². The van der Waals surface area contributed by atoms with Crippen molar-refractivity contribution in [1.29, 1.82) is 0 Å². The Balaban J connectivity index is 0.930. The molecule has 15 heteroatoms. The van der Waals surface area contributed by atoms with Crippen LogP contribution in [0, 0.1) is 0 Å². The molecule has 5 aromatic rings. The number of thioether (sulfide) groups is 1. The Bertz CT molecular complexity index is 2340. The maximum absolute atomic E-state index is 13.6. The maximum atomic E-state index is 13.6. The summed E-state index contributed by atoms with van der Waals surface area (Å²) in [5.74, 6) is -0.125. The van der Waals surface area contributed by atoms with Crippen molar-refractivity contribution in [2.45, 2.75) is 48.5 Å². The van der Waals surface area contributed by atoms with Gasteiger partial charge >= 0.3 is 6.36 Å². The molecule has 1 amide bonds. The number of halogens is 3. The van der Waals surface area contributed by atoms with Crippen LogP contribution in [0.4, 0.5) is 24.5 Å². The van der Waals surface area contributed by atoms with Crippen LogP contribution in [0.2, 0.25) is 0 Å². The zero-order chi connectivity index (χ0) is 43.5. The Labute approximate surface area is 366 Å². The number of benzene rings is 5. The number of nitrogens with one attached hydrogen (secondary N) is 2. The number of carbonyl (C=O) groups is 1. The van der Waals surface area contributed by atoms with Gasteiger partial charge < -0.3 is 19.7 Å². The average Bonchev–Trinajstić information content (AvgIpc) is 3.28. The third-order valence-electron chi connectivity index (χ3n) is 11.1. The van der Waals surface area contributed by atoms with Gasteiger partial charge in [-0.3, -0.25) is 14.6 Å². The molecule has 2 aliphatic rings. The summed E-state index contributed by atoms with van der Waals surface area (Å²) in [6.45, 7) is 9.90. The zero-order valence-corrected chi connectivity index (χ0v) is 36.3. The van der Waals surface area contributed by atoms with Crippen LogP contribution in [0.25, 0.3) is 11.1 Å². The first-order valence-electron chi connectivity index (χ1n) is 20.9. The van der Waals surface area contributed by atoms with Crippen molar-refractivity contribution in [3.8, 4) is 16.9 Å². The molecule has 5 aromatic carbocycles. The SMILES string of the molecule is CCc1cc(S(=O)(=O)NC(=O)c2ccc(N3CCN(Cc4ccccc4-c4ccc(OC(F)(F)F)cc4)CC3)cc2)ccc1N[C@H](CCN1CCOCC1)CSc1ccccc1. The fourth-order valence-corrected chi connectivity index (χ4v) is 9.73. The van der Waals surface area contributed by atoms with Gasteiger partial charge in [-0.15, -0.1) is 24.9 Å². The minimum absolute atomic E-state index is 0.0299. The van der Waals surface area contributed by atoms with Gasteiger partial charge in [0.15, 0.2) is 0 Å². The lowest BCUT2D eigenvalue weighted by molar-refractivity contribution is -0.274. The van der Waals surface area contributed by atoms with Gasteiger partial charge in [0.2, 0.25) is 0 Å². The summed E-state index contributed by atoms with van der Waals surface area (Å²) in [6.07, 6.45) is -3.23. The fraction of sp³-hybridized carbons (Fsp3) is 0.340. The lowest BCUT2D eigenvalue weighted by atomic mass is 9.99. The Kier molecular flexibility index (Phi) is 15.1. The summed E-state index contributed by atoms with van der Waals surface area (Å²) in [6, 6.07) is 36.1. The number of sulfonamides is 1. The predicted molar refractivity (Wildman–Crippen MR) is 239 cm³/mol. The normalized spacial score (nSPS) is 15.8. The second-order valence-electron chi connectivity index (χ2n) is 15.4. The maximum Gasteiger partial charge on any atom is 0.573 e. The van der Waals surface area contributed by atoms with Crippen molar-refractivity contribution in [1.82, 2.24) is 14.5 Å². The highest BCUT2D eigenvalue weighted by Gasteiger charge is 2.31. The first-order chi connectivity index (χ1) is 29.9. The minimum Gasteiger partial charge on any atom is -0.406 e. The molecule has 2 fully saturated rings. The van der Waals surface area contributed by atoms with Crippen LogP contribution in [0.5, 0.6) is 5.75 Å². The monoisotopic (exact) mass is 887 g/mol. The summed E-state index contributed by atoms with van der Waals surface area (Å²) in [5, 5.41) is 3.72. The first-order valence-corrected chi connectivity index (χ1v) is 23.4. The lowest BCUT2D eigenvalue weighted by Gasteiger charge is -2.36. The number of amides is 1. The van der Waals surface area contributed by atoms with Gasteiger partial charge in [0.1, 0.15) is 5.75 Å². The standard InChI is InChI=1S/C47H52F3N5O5S2/c1-2-35-32-43(20-21-45(35)51-39(22-23-53-28-30-59-31-29-53)34-61-42-9-4-3-5-10-42)62(57,58)52-46(56)37-12-16-40(17-13-37)55-26-24-54(25-27-55)33-38-8-6-7-11-44(38)36-14-18-41(19-15-36)60-47(48,49)50/h3-21,32,39,51H,2,22-31,33-34H2,1H3,(H,52,56)/t39-/m1/s1. The topological polar surface area (TPSA) is 103 Å². The van der Waals surface area contributed by atoms with E-state index in [4.69, 9.17) is 4.74 Å². The molecule has 0 spiro atoms. The van der Waals surface area contributed by atoms with Crippen LogP contribution < -0.4 is 19.7 Å². The second-order valence-corrected chi connectivity index (χ2v) is 18.1. The van der Waals surface area contributed by atoms with E-state index in [1.54, 1.807) is 54.2 Å². The largest absolute Gasteiger partial charge is 0.573 e. The van der Waals surface area contributed by atoms with E-state index in [2.05, 4.69) is 41.6 Å². The number of hydrogen-bond acceptors (Lipinski definition) is 10. The van der Waals surface area contributed by atoms with Crippen LogP contribution in [-0.4, -0.2) is 101 Å². The number of alkyl halides is 3. The lowest BCUT2D eigenvalue weighted by Crippen LogP contribution is -2.46. The molecule has 7 rings (SSSR count). The van der Waals surface area contributed by atoms with Crippen molar-refractivity contribution in [3.63, 3.8) is 0 Å². The van der Waals surface area contributed by atoms with E-state index in [-0.39, 0.29) is 22.3 Å². The number of piperazine rings is 1. The van der Waals surface area contributed by atoms with Crippen LogP contribution >= 0.6 is 11.8 Å². The Morgan fingerprint density at radius 1 is 0.806 bits per heavy atom. The highest BCUT2D eigenvalue weighted by molar-refractivity contribution is 7.99. The summed E-state index contributed by atoms with van der Waals surface area (Å²) in [4.78, 5) is 21.5. The molecule has 0 aromatic heterocycles. The van der Waals surface area contributed by atoms with E-state index in [9.17, 15) is 26.4 Å². The number of hydrogen-bond donors (Lipinski definition) is 2. The number of anilines is 2. The highest BCUT2D eigenvalue weighted by atomic mass is 32.2. The van der Waals surface area contributed by atoms with Crippen molar-refractivity contribution in [2.75, 3.05) is 75.0 Å². The van der Waals surface area contributed by atoms with Crippen LogP contribution in [-0.2, 0) is 27.7 Å². The first kappa shape index (κ1) is 45.0. The van der Waals surface area contributed by atoms with Gasteiger partial charge in [-0.25, -0.2) is 13.1 Å². The molecule has 10 nitrogen and oxygen atoms in total. The van der Waals surface area contributed by atoms with Crippen LogP contribution in [0.15, 0.2) is 131 Å². The quantitative estimate of drug-likeness (QED) is 0.0884. The molecule has 0 aliphatic carbocycles. The van der Waals surface area contributed by atoms with E-state index in [1.807, 2.05) is 61.5 Å². The van der Waals surface area contributed by atoms with E-state index in [1.165, 1.54) is 17.0 Å². The van der Waals surface area contributed by atoms with Gasteiger partial charge in [-0.2, -0.15) is 0 Å². The van der Waals surface area contributed by atoms with E-state index < -0.39 is 22.3 Å². The second kappa shape index (κ2) is 20.9. The molecule has 1 atom stereocenters. The summed E-state index contributed by atoms with van der Waals surface area (Å²) >= 11 is 1.79. The summed E-state index contributed by atoms with van der Waals surface area (Å²) in [7, 11) is -4.16. The Morgan fingerprint density at radius 2 is 1.50 bits per heavy atom. The molecule has 2 N–H and O–H groups in total. The minimum atomic E-state index is -4.75. The van der Waals surface area contributed by atoms with Gasteiger partial charge in [-0.05, 0) is 102 Å². The predicted octanol–water partition coefficient (Wildman–Crippen LogP) is 8.55. The average molecular weight is 888 g/mol. The molecule has 2 saturated heterocycles. The number of nitrogens with zero attached hydrogens (tertiary/aromatic N) is 3. The van der Waals surface area contributed by atoms with Gasteiger partial charge in [-0.1, -0.05) is 61.5 Å². The Hall–Kier alpha value is -5.06. The van der Waals surface area contributed by atoms with Crippen LogP contribution in [0.1, 0.15) is 34.8 Å². The number of morpholine rings is 1. The number of ether oxygens (including phenoxy) is 2. The Morgan fingerprint density at radius 3 is 2.19 bits per heavy atom. The molecule has 2 heterocycles. The summed E-state index contributed by atoms with van der Waals surface area (Å²) in [5.41, 5.74) is 5.69. The molecule has 62 heavy (non-hydrogen) atoms. The molecule has 0 saturated carbocycles. The molecule has 0 radical (unpaired) electrons.